The Labute approximate surface area is 118 Å². The van der Waals surface area contributed by atoms with Crippen molar-refractivity contribution >= 4 is 23.3 Å². The van der Waals surface area contributed by atoms with E-state index >= 15 is 0 Å². The average Bonchev–Trinajstić information content (AvgIpc) is 2.41. The lowest BCUT2D eigenvalue weighted by molar-refractivity contribution is 0.109. The Morgan fingerprint density at radius 3 is 2.47 bits per heavy atom. The Morgan fingerprint density at radius 2 is 1.84 bits per heavy atom. The molecule has 1 aromatic carbocycles. The second-order valence-electron chi connectivity index (χ2n) is 5.02. The van der Waals surface area contributed by atoms with E-state index in [-0.39, 0.29) is 12.1 Å². The van der Waals surface area contributed by atoms with Gasteiger partial charge < -0.3 is 15.7 Å². The summed E-state index contributed by atoms with van der Waals surface area (Å²) in [4.78, 5) is 11.7. The zero-order chi connectivity index (χ0) is 13.7. The molecule has 0 aromatic heterocycles. The molecule has 1 fully saturated rings. The molecule has 3 N–H and O–H groups in total. The molecule has 1 aliphatic carbocycles. The molecule has 2 rings (SSSR count). The minimum absolute atomic E-state index is 0.154. The number of rotatable bonds is 3. The van der Waals surface area contributed by atoms with Crippen molar-refractivity contribution in [1.29, 1.82) is 0 Å². The van der Waals surface area contributed by atoms with Gasteiger partial charge in [-0.15, -0.1) is 0 Å². The maximum atomic E-state index is 11.7. The van der Waals surface area contributed by atoms with E-state index in [9.17, 15) is 9.90 Å². The molecule has 0 saturated heterocycles. The van der Waals surface area contributed by atoms with Crippen molar-refractivity contribution in [2.45, 2.75) is 31.8 Å². The highest BCUT2D eigenvalue weighted by atomic mass is 35.5. The predicted molar refractivity (Wildman–Crippen MR) is 76.4 cm³/mol. The molecular weight excluding hydrogens is 264 g/mol. The van der Waals surface area contributed by atoms with Gasteiger partial charge in [-0.25, -0.2) is 4.79 Å². The molecular formula is C14H19ClN2O2. The number of halogens is 1. The summed E-state index contributed by atoms with van der Waals surface area (Å²) < 4.78 is 0. The van der Waals surface area contributed by atoms with Gasteiger partial charge >= 0.3 is 6.03 Å². The Balaban J connectivity index is 1.71. The molecule has 0 aliphatic heterocycles. The number of amides is 2. The van der Waals surface area contributed by atoms with Gasteiger partial charge in [0.25, 0.3) is 0 Å². The van der Waals surface area contributed by atoms with Crippen molar-refractivity contribution in [2.24, 2.45) is 5.92 Å². The summed E-state index contributed by atoms with van der Waals surface area (Å²) >= 11 is 5.77. The first-order valence-corrected chi connectivity index (χ1v) is 7.00. The summed E-state index contributed by atoms with van der Waals surface area (Å²) in [5.41, 5.74) is 0.723. The predicted octanol–water partition coefficient (Wildman–Crippen LogP) is 3.01. The third kappa shape index (κ3) is 4.73. The number of hydrogen-bond donors (Lipinski definition) is 3. The molecule has 5 heteroatoms. The zero-order valence-electron chi connectivity index (χ0n) is 10.7. The van der Waals surface area contributed by atoms with Crippen LogP contribution in [0.3, 0.4) is 0 Å². The first kappa shape index (κ1) is 14.2. The fraction of sp³-hybridized carbons (Fsp3) is 0.500. The number of urea groups is 1. The van der Waals surface area contributed by atoms with Gasteiger partial charge in [-0.05, 0) is 55.9 Å². The molecule has 0 bridgehead atoms. The van der Waals surface area contributed by atoms with Gasteiger partial charge in [0.15, 0.2) is 0 Å². The van der Waals surface area contributed by atoms with Crippen molar-refractivity contribution in [1.82, 2.24) is 5.32 Å². The van der Waals surface area contributed by atoms with E-state index in [0.29, 0.717) is 17.5 Å². The lowest BCUT2D eigenvalue weighted by Gasteiger charge is -2.25. The summed E-state index contributed by atoms with van der Waals surface area (Å²) in [6, 6.07) is 6.80. The van der Waals surface area contributed by atoms with Gasteiger partial charge in [0.05, 0.1) is 6.10 Å². The van der Waals surface area contributed by atoms with E-state index in [1.165, 1.54) is 0 Å². The minimum atomic E-state index is -0.201. The van der Waals surface area contributed by atoms with Crippen LogP contribution in [0.1, 0.15) is 25.7 Å². The largest absolute Gasteiger partial charge is 0.393 e. The number of carbonyl (C=O) groups is 1. The van der Waals surface area contributed by atoms with Crippen molar-refractivity contribution in [2.75, 3.05) is 11.9 Å². The van der Waals surface area contributed by atoms with Crippen molar-refractivity contribution in [3.63, 3.8) is 0 Å². The molecule has 0 unspecified atom stereocenters. The molecule has 19 heavy (non-hydrogen) atoms. The van der Waals surface area contributed by atoms with E-state index in [1.807, 2.05) is 0 Å². The Bertz CT molecular complexity index is 414. The second-order valence-corrected chi connectivity index (χ2v) is 5.45. The first-order valence-electron chi connectivity index (χ1n) is 6.62. The Hall–Kier alpha value is -1.26. The van der Waals surface area contributed by atoms with Crippen molar-refractivity contribution in [3.05, 3.63) is 29.3 Å². The first-order chi connectivity index (χ1) is 9.13. The van der Waals surface area contributed by atoms with Crippen LogP contribution in [0.15, 0.2) is 24.3 Å². The third-order valence-corrected chi connectivity index (χ3v) is 3.72. The quantitative estimate of drug-likeness (QED) is 0.798. The van der Waals surface area contributed by atoms with Crippen LogP contribution >= 0.6 is 11.6 Å². The number of aliphatic hydroxyl groups is 1. The van der Waals surface area contributed by atoms with Crippen LogP contribution in [0.2, 0.25) is 5.02 Å². The summed E-state index contributed by atoms with van der Waals surface area (Å²) in [5, 5.41) is 15.7. The van der Waals surface area contributed by atoms with Crippen molar-refractivity contribution in [3.8, 4) is 0 Å². The highest BCUT2D eigenvalue weighted by Crippen LogP contribution is 2.23. The zero-order valence-corrected chi connectivity index (χ0v) is 11.5. The van der Waals surface area contributed by atoms with E-state index in [1.54, 1.807) is 24.3 Å². The molecule has 0 radical (unpaired) electrons. The molecule has 1 aromatic rings. The molecule has 0 spiro atoms. The minimum Gasteiger partial charge on any atom is -0.393 e. The molecule has 1 saturated carbocycles. The molecule has 104 valence electrons. The lowest BCUT2D eigenvalue weighted by atomic mass is 9.87. The van der Waals surface area contributed by atoms with Crippen molar-refractivity contribution < 1.29 is 9.90 Å². The van der Waals surface area contributed by atoms with Gasteiger partial charge in [-0.1, -0.05) is 11.6 Å². The van der Waals surface area contributed by atoms with Crippen LogP contribution in [0.4, 0.5) is 10.5 Å². The molecule has 0 atom stereocenters. The summed E-state index contributed by atoms with van der Waals surface area (Å²) in [6.45, 7) is 0.659. The lowest BCUT2D eigenvalue weighted by Crippen LogP contribution is -2.34. The fourth-order valence-corrected chi connectivity index (χ4v) is 2.42. The van der Waals surface area contributed by atoms with Gasteiger partial charge in [-0.2, -0.15) is 0 Å². The number of nitrogens with one attached hydrogen (secondary N) is 2. The van der Waals surface area contributed by atoms with Crippen LogP contribution in [-0.2, 0) is 0 Å². The standard InChI is InChI=1S/C14H19ClN2O2/c15-11-3-5-12(6-4-11)17-14(19)16-9-10-1-7-13(18)8-2-10/h3-6,10,13,18H,1-2,7-9H2,(H2,16,17,19). The van der Waals surface area contributed by atoms with Gasteiger partial charge in [-0.3, -0.25) is 0 Å². The summed E-state index contributed by atoms with van der Waals surface area (Å²) in [5.74, 6) is 0.472. The molecule has 4 nitrogen and oxygen atoms in total. The van der Waals surface area contributed by atoms with Crippen LogP contribution in [-0.4, -0.2) is 23.8 Å². The number of aliphatic hydroxyl groups excluding tert-OH is 1. The Kier molecular flexibility index (Phi) is 5.05. The topological polar surface area (TPSA) is 61.4 Å². The SMILES string of the molecule is O=C(NCC1CCC(O)CC1)Nc1ccc(Cl)cc1. The van der Waals surface area contributed by atoms with Crippen LogP contribution < -0.4 is 10.6 Å². The van der Waals surface area contributed by atoms with Gasteiger partial charge in [0, 0.05) is 17.3 Å². The van der Waals surface area contributed by atoms with Gasteiger partial charge in [0.1, 0.15) is 0 Å². The van der Waals surface area contributed by atoms with Crippen LogP contribution in [0, 0.1) is 5.92 Å². The van der Waals surface area contributed by atoms with E-state index in [2.05, 4.69) is 10.6 Å². The monoisotopic (exact) mass is 282 g/mol. The van der Waals surface area contributed by atoms with E-state index in [0.717, 1.165) is 31.4 Å². The maximum absolute atomic E-state index is 11.7. The summed E-state index contributed by atoms with van der Waals surface area (Å²) in [6.07, 6.45) is 3.47. The molecule has 0 heterocycles. The third-order valence-electron chi connectivity index (χ3n) is 3.47. The number of hydrogen-bond acceptors (Lipinski definition) is 2. The smallest absolute Gasteiger partial charge is 0.319 e. The Morgan fingerprint density at radius 1 is 1.21 bits per heavy atom. The average molecular weight is 283 g/mol. The number of benzene rings is 1. The highest BCUT2D eigenvalue weighted by Gasteiger charge is 2.19. The second kappa shape index (κ2) is 6.78. The molecule has 2 amide bonds. The van der Waals surface area contributed by atoms with Crippen LogP contribution in [0.25, 0.3) is 0 Å². The van der Waals surface area contributed by atoms with E-state index in [4.69, 9.17) is 11.6 Å². The van der Waals surface area contributed by atoms with E-state index < -0.39 is 0 Å². The highest BCUT2D eigenvalue weighted by molar-refractivity contribution is 6.30. The normalized spacial score (nSPS) is 22.8. The fourth-order valence-electron chi connectivity index (χ4n) is 2.29. The molecule has 1 aliphatic rings. The van der Waals surface area contributed by atoms with Gasteiger partial charge in [0.2, 0.25) is 0 Å². The number of carbonyl (C=O) groups excluding carboxylic acids is 1. The number of anilines is 1. The van der Waals surface area contributed by atoms with Crippen LogP contribution in [0.5, 0.6) is 0 Å². The maximum Gasteiger partial charge on any atom is 0.319 e. The summed E-state index contributed by atoms with van der Waals surface area (Å²) in [7, 11) is 0.